The Morgan fingerprint density at radius 1 is 1.47 bits per heavy atom. The van der Waals surface area contributed by atoms with Gasteiger partial charge in [-0.3, -0.25) is 0 Å². The molecule has 1 aliphatic heterocycles. The van der Waals surface area contributed by atoms with E-state index in [1.165, 1.54) is 19.3 Å². The molecule has 0 amide bonds. The first-order chi connectivity index (χ1) is 7.29. The van der Waals surface area contributed by atoms with Crippen LogP contribution < -0.4 is 10.6 Å². The van der Waals surface area contributed by atoms with E-state index in [-0.39, 0.29) is 0 Å². The van der Waals surface area contributed by atoms with Gasteiger partial charge in [0.15, 0.2) is 0 Å². The SMILES string of the molecule is CCCCC1CNc2ccc(C)nc2N1. The number of hydrogen-bond donors (Lipinski definition) is 2. The molecule has 0 spiro atoms. The molecule has 1 aromatic heterocycles. The predicted octanol–water partition coefficient (Wildman–Crippen LogP) is 2.79. The molecule has 3 nitrogen and oxygen atoms in total. The van der Waals surface area contributed by atoms with Crippen molar-refractivity contribution in [3.63, 3.8) is 0 Å². The number of unbranched alkanes of at least 4 members (excludes halogenated alkanes) is 1. The van der Waals surface area contributed by atoms with Crippen LogP contribution in [0, 0.1) is 6.92 Å². The number of nitrogens with zero attached hydrogens (tertiary/aromatic N) is 1. The van der Waals surface area contributed by atoms with Crippen LogP contribution in [0.15, 0.2) is 12.1 Å². The molecule has 0 saturated carbocycles. The van der Waals surface area contributed by atoms with Crippen molar-refractivity contribution in [1.29, 1.82) is 0 Å². The van der Waals surface area contributed by atoms with Crippen LogP contribution in [0.2, 0.25) is 0 Å². The topological polar surface area (TPSA) is 37.0 Å². The maximum Gasteiger partial charge on any atom is 0.149 e. The van der Waals surface area contributed by atoms with E-state index in [4.69, 9.17) is 0 Å². The normalized spacial score (nSPS) is 18.9. The molecule has 0 radical (unpaired) electrons. The third kappa shape index (κ3) is 2.41. The highest BCUT2D eigenvalue weighted by atomic mass is 15.1. The molecule has 2 N–H and O–H groups in total. The van der Waals surface area contributed by atoms with Crippen molar-refractivity contribution >= 4 is 11.5 Å². The lowest BCUT2D eigenvalue weighted by atomic mass is 10.1. The molecule has 15 heavy (non-hydrogen) atoms. The summed E-state index contributed by atoms with van der Waals surface area (Å²) in [7, 11) is 0. The van der Waals surface area contributed by atoms with Crippen molar-refractivity contribution in [2.24, 2.45) is 0 Å². The highest BCUT2D eigenvalue weighted by Gasteiger charge is 2.17. The first-order valence-electron chi connectivity index (χ1n) is 5.77. The van der Waals surface area contributed by atoms with Crippen LogP contribution >= 0.6 is 0 Å². The number of pyridine rings is 1. The van der Waals surface area contributed by atoms with Gasteiger partial charge in [-0.25, -0.2) is 4.98 Å². The van der Waals surface area contributed by atoms with Crippen LogP contribution in [-0.4, -0.2) is 17.6 Å². The van der Waals surface area contributed by atoms with Gasteiger partial charge in [0.25, 0.3) is 0 Å². The van der Waals surface area contributed by atoms with Gasteiger partial charge < -0.3 is 10.6 Å². The molecular formula is C12H19N3. The van der Waals surface area contributed by atoms with Gasteiger partial charge in [0.05, 0.1) is 5.69 Å². The number of aromatic nitrogens is 1. The second-order valence-electron chi connectivity index (χ2n) is 4.21. The summed E-state index contributed by atoms with van der Waals surface area (Å²) in [5.74, 6) is 1.02. The Balaban J connectivity index is 2.05. The van der Waals surface area contributed by atoms with Crippen LogP contribution in [0.4, 0.5) is 11.5 Å². The Kier molecular flexibility index (Phi) is 3.09. The van der Waals surface area contributed by atoms with Crippen LogP contribution in [0.25, 0.3) is 0 Å². The van der Waals surface area contributed by atoms with E-state index in [1.54, 1.807) is 0 Å². The number of anilines is 2. The number of rotatable bonds is 3. The first-order valence-corrected chi connectivity index (χ1v) is 5.77. The summed E-state index contributed by atoms with van der Waals surface area (Å²) in [5, 5.41) is 6.92. The van der Waals surface area contributed by atoms with Crippen molar-refractivity contribution < 1.29 is 0 Å². The van der Waals surface area contributed by atoms with Gasteiger partial charge in [-0.15, -0.1) is 0 Å². The van der Waals surface area contributed by atoms with E-state index in [1.807, 2.05) is 13.0 Å². The zero-order valence-corrected chi connectivity index (χ0v) is 9.51. The second-order valence-corrected chi connectivity index (χ2v) is 4.21. The maximum absolute atomic E-state index is 4.50. The predicted molar refractivity (Wildman–Crippen MR) is 64.4 cm³/mol. The van der Waals surface area contributed by atoms with E-state index < -0.39 is 0 Å². The van der Waals surface area contributed by atoms with Gasteiger partial charge in [-0.2, -0.15) is 0 Å². The van der Waals surface area contributed by atoms with E-state index in [2.05, 4.69) is 28.6 Å². The Hall–Kier alpha value is -1.25. The average molecular weight is 205 g/mol. The van der Waals surface area contributed by atoms with Crippen molar-refractivity contribution in [1.82, 2.24) is 4.98 Å². The van der Waals surface area contributed by atoms with Crippen LogP contribution in [0.1, 0.15) is 31.9 Å². The molecule has 3 heteroatoms. The molecule has 0 aromatic carbocycles. The molecule has 1 aliphatic rings. The van der Waals surface area contributed by atoms with Gasteiger partial charge >= 0.3 is 0 Å². The molecule has 82 valence electrons. The largest absolute Gasteiger partial charge is 0.380 e. The van der Waals surface area contributed by atoms with Crippen LogP contribution in [0.5, 0.6) is 0 Å². The third-order valence-corrected chi connectivity index (χ3v) is 2.82. The fourth-order valence-electron chi connectivity index (χ4n) is 1.91. The standard InChI is InChI=1S/C12H19N3/c1-3-4-5-10-8-13-11-7-6-9(2)14-12(11)15-10/h6-7,10,13H,3-5,8H2,1-2H3,(H,14,15). The summed E-state index contributed by atoms with van der Waals surface area (Å²) in [6.45, 7) is 5.27. The highest BCUT2D eigenvalue weighted by Crippen LogP contribution is 2.25. The molecule has 0 aliphatic carbocycles. The Labute approximate surface area is 91.3 Å². The summed E-state index contributed by atoms with van der Waals surface area (Å²) in [4.78, 5) is 4.50. The lowest BCUT2D eigenvalue weighted by Gasteiger charge is -2.27. The molecular weight excluding hydrogens is 186 g/mol. The number of fused-ring (bicyclic) bond motifs is 1. The van der Waals surface area contributed by atoms with Crippen molar-refractivity contribution in [3.8, 4) is 0 Å². The summed E-state index contributed by atoms with van der Waals surface area (Å²) < 4.78 is 0. The van der Waals surface area contributed by atoms with E-state index in [9.17, 15) is 0 Å². The molecule has 2 heterocycles. The average Bonchev–Trinajstić information content (AvgIpc) is 2.25. The third-order valence-electron chi connectivity index (χ3n) is 2.82. The Bertz CT molecular complexity index is 336. The molecule has 1 aromatic rings. The van der Waals surface area contributed by atoms with E-state index in [0.717, 1.165) is 23.7 Å². The number of nitrogens with one attached hydrogen (secondary N) is 2. The smallest absolute Gasteiger partial charge is 0.149 e. The summed E-state index contributed by atoms with van der Waals surface area (Å²) in [6.07, 6.45) is 3.76. The molecule has 0 saturated heterocycles. The Morgan fingerprint density at radius 2 is 2.33 bits per heavy atom. The summed E-state index contributed by atoms with van der Waals surface area (Å²) in [5.41, 5.74) is 2.20. The molecule has 1 atom stereocenters. The molecule has 0 bridgehead atoms. The lowest BCUT2D eigenvalue weighted by Crippen LogP contribution is -2.33. The summed E-state index contributed by atoms with van der Waals surface area (Å²) in [6, 6.07) is 4.67. The molecule has 1 unspecified atom stereocenters. The fourth-order valence-corrected chi connectivity index (χ4v) is 1.91. The molecule has 0 fully saturated rings. The monoisotopic (exact) mass is 205 g/mol. The second kappa shape index (κ2) is 4.51. The Morgan fingerprint density at radius 3 is 3.13 bits per heavy atom. The van der Waals surface area contributed by atoms with Crippen molar-refractivity contribution in [3.05, 3.63) is 17.8 Å². The lowest BCUT2D eigenvalue weighted by molar-refractivity contribution is 0.617. The zero-order chi connectivity index (χ0) is 10.7. The minimum atomic E-state index is 0.534. The van der Waals surface area contributed by atoms with Crippen molar-refractivity contribution in [2.75, 3.05) is 17.2 Å². The fraction of sp³-hybridized carbons (Fsp3) is 0.583. The van der Waals surface area contributed by atoms with Crippen LogP contribution in [0.3, 0.4) is 0 Å². The highest BCUT2D eigenvalue weighted by molar-refractivity contribution is 5.67. The molecule has 2 rings (SSSR count). The van der Waals surface area contributed by atoms with Crippen molar-refractivity contribution in [2.45, 2.75) is 39.2 Å². The number of aryl methyl sites for hydroxylation is 1. The van der Waals surface area contributed by atoms with Gasteiger partial charge in [0.1, 0.15) is 5.82 Å². The minimum Gasteiger partial charge on any atom is -0.380 e. The van der Waals surface area contributed by atoms with Gasteiger partial charge in [-0.05, 0) is 25.5 Å². The van der Waals surface area contributed by atoms with Gasteiger partial charge in [-0.1, -0.05) is 19.8 Å². The van der Waals surface area contributed by atoms with E-state index >= 15 is 0 Å². The quantitative estimate of drug-likeness (QED) is 0.796. The van der Waals surface area contributed by atoms with Gasteiger partial charge in [0, 0.05) is 18.3 Å². The van der Waals surface area contributed by atoms with E-state index in [0.29, 0.717) is 6.04 Å². The van der Waals surface area contributed by atoms with Crippen LogP contribution in [-0.2, 0) is 0 Å². The first kappa shape index (κ1) is 10.3. The number of hydrogen-bond acceptors (Lipinski definition) is 3. The van der Waals surface area contributed by atoms with Gasteiger partial charge in [0.2, 0.25) is 0 Å². The summed E-state index contributed by atoms with van der Waals surface area (Å²) >= 11 is 0. The minimum absolute atomic E-state index is 0.534. The zero-order valence-electron chi connectivity index (χ0n) is 9.51. The maximum atomic E-state index is 4.50.